The smallest absolute Gasteiger partial charge is 0.243 e. The molecule has 5 nitrogen and oxygen atoms in total. The molecule has 2 atom stereocenters. The van der Waals surface area contributed by atoms with Gasteiger partial charge in [-0.15, -0.1) is 0 Å². The predicted molar refractivity (Wildman–Crippen MR) is 86.3 cm³/mol. The van der Waals surface area contributed by atoms with Gasteiger partial charge in [0.2, 0.25) is 5.91 Å². The lowest BCUT2D eigenvalue weighted by atomic mass is 9.82. The second-order valence-corrected chi connectivity index (χ2v) is 6.56. The van der Waals surface area contributed by atoms with Gasteiger partial charge < -0.3 is 15.1 Å². The highest BCUT2D eigenvalue weighted by Gasteiger charge is 2.35. The molecule has 1 aliphatic carbocycles. The first kappa shape index (κ1) is 16.1. The van der Waals surface area contributed by atoms with Crippen LogP contribution in [-0.4, -0.2) is 61.9 Å². The van der Waals surface area contributed by atoms with Crippen LogP contribution in [0.3, 0.4) is 0 Å². The Morgan fingerprint density at radius 3 is 2.38 bits per heavy atom. The van der Waals surface area contributed by atoms with Crippen LogP contribution in [0.4, 0.5) is 0 Å². The molecule has 1 aliphatic heterocycles. The number of nitrogens with zero attached hydrogens (tertiary/aromatic N) is 3. The van der Waals surface area contributed by atoms with E-state index in [0.29, 0.717) is 0 Å². The van der Waals surface area contributed by atoms with Gasteiger partial charge in [-0.1, -0.05) is 19.8 Å². The number of hydrogen-bond acceptors (Lipinski definition) is 2. The Labute approximate surface area is 128 Å². The third-order valence-electron chi connectivity index (χ3n) is 4.67. The maximum atomic E-state index is 11.8. The number of nitrogens with one attached hydrogen (secondary N) is 1. The SMILES string of the molecule is CCCNC(=NCC(=O)N(C)C)N1CC2CCCCC2C1. The minimum Gasteiger partial charge on any atom is -0.356 e. The lowest BCUT2D eigenvalue weighted by Gasteiger charge is -2.22. The Kier molecular flexibility index (Phi) is 5.88. The average Bonchev–Trinajstić information content (AvgIpc) is 2.90. The van der Waals surface area contributed by atoms with Crippen molar-refractivity contribution < 1.29 is 4.79 Å². The fourth-order valence-electron chi connectivity index (χ4n) is 3.37. The van der Waals surface area contributed by atoms with Crippen molar-refractivity contribution in [3.05, 3.63) is 0 Å². The van der Waals surface area contributed by atoms with Crippen LogP contribution in [0.15, 0.2) is 4.99 Å². The van der Waals surface area contributed by atoms with Gasteiger partial charge in [0.25, 0.3) is 0 Å². The molecule has 2 rings (SSSR count). The molecule has 1 N–H and O–H groups in total. The molecule has 2 unspecified atom stereocenters. The van der Waals surface area contributed by atoms with Crippen LogP contribution in [0, 0.1) is 11.8 Å². The minimum atomic E-state index is 0.0578. The van der Waals surface area contributed by atoms with E-state index in [1.807, 2.05) is 0 Å². The molecule has 0 spiro atoms. The second-order valence-electron chi connectivity index (χ2n) is 6.56. The third-order valence-corrected chi connectivity index (χ3v) is 4.67. The molecule has 1 saturated heterocycles. The summed E-state index contributed by atoms with van der Waals surface area (Å²) in [4.78, 5) is 20.3. The molecule has 1 heterocycles. The zero-order valence-corrected chi connectivity index (χ0v) is 13.8. The molecule has 0 aromatic carbocycles. The maximum Gasteiger partial charge on any atom is 0.243 e. The molecule has 2 aliphatic rings. The van der Waals surface area contributed by atoms with Gasteiger partial charge in [-0.3, -0.25) is 4.79 Å². The molecule has 2 fully saturated rings. The average molecular weight is 294 g/mol. The van der Waals surface area contributed by atoms with Gasteiger partial charge in [0.1, 0.15) is 6.54 Å². The number of guanidine groups is 1. The zero-order chi connectivity index (χ0) is 15.2. The lowest BCUT2D eigenvalue weighted by Crippen LogP contribution is -2.41. The number of aliphatic imine (C=N–C) groups is 1. The largest absolute Gasteiger partial charge is 0.356 e. The topological polar surface area (TPSA) is 47.9 Å². The maximum absolute atomic E-state index is 11.8. The number of carbonyl (C=O) groups excluding carboxylic acids is 1. The molecule has 0 aromatic heterocycles. The van der Waals surface area contributed by atoms with Crippen LogP contribution >= 0.6 is 0 Å². The summed E-state index contributed by atoms with van der Waals surface area (Å²) in [5.74, 6) is 2.65. The standard InChI is InChI=1S/C16H30N4O/c1-4-9-17-16(18-10-15(21)19(2)3)20-11-13-7-5-6-8-14(13)12-20/h13-14H,4-12H2,1-3H3,(H,17,18). The first-order valence-electron chi connectivity index (χ1n) is 8.35. The summed E-state index contributed by atoms with van der Waals surface area (Å²) >= 11 is 0. The van der Waals surface area contributed by atoms with Gasteiger partial charge in [-0.2, -0.15) is 0 Å². The molecule has 21 heavy (non-hydrogen) atoms. The lowest BCUT2D eigenvalue weighted by molar-refractivity contribution is -0.127. The summed E-state index contributed by atoms with van der Waals surface area (Å²) < 4.78 is 0. The van der Waals surface area contributed by atoms with Crippen molar-refractivity contribution in [1.29, 1.82) is 0 Å². The van der Waals surface area contributed by atoms with Gasteiger partial charge in [-0.25, -0.2) is 4.99 Å². The van der Waals surface area contributed by atoms with Crippen LogP contribution in [0.5, 0.6) is 0 Å². The van der Waals surface area contributed by atoms with Crippen LogP contribution in [0.1, 0.15) is 39.0 Å². The van der Waals surface area contributed by atoms with Gasteiger partial charge in [0.05, 0.1) is 0 Å². The van der Waals surface area contributed by atoms with Crippen LogP contribution in [0.25, 0.3) is 0 Å². The Balaban J connectivity index is 1.98. The van der Waals surface area contributed by atoms with Crippen molar-refractivity contribution in [2.24, 2.45) is 16.8 Å². The van der Waals surface area contributed by atoms with E-state index in [-0.39, 0.29) is 12.5 Å². The fourth-order valence-corrected chi connectivity index (χ4v) is 3.37. The van der Waals surface area contributed by atoms with Crippen LogP contribution in [-0.2, 0) is 4.79 Å². The van der Waals surface area contributed by atoms with Gasteiger partial charge in [0.15, 0.2) is 5.96 Å². The van der Waals surface area contributed by atoms with E-state index in [1.54, 1.807) is 19.0 Å². The molecular weight excluding hydrogens is 264 g/mol. The molecule has 120 valence electrons. The van der Waals surface area contributed by atoms with Crippen molar-refractivity contribution in [1.82, 2.24) is 15.1 Å². The monoisotopic (exact) mass is 294 g/mol. The van der Waals surface area contributed by atoms with Crippen molar-refractivity contribution in [3.63, 3.8) is 0 Å². The molecular formula is C16H30N4O. The molecule has 0 aromatic rings. The van der Waals surface area contributed by atoms with Gasteiger partial charge in [0, 0.05) is 33.7 Å². The minimum absolute atomic E-state index is 0.0578. The van der Waals surface area contributed by atoms with Crippen molar-refractivity contribution in [2.75, 3.05) is 40.3 Å². The summed E-state index contributed by atoms with van der Waals surface area (Å²) in [7, 11) is 3.56. The molecule has 1 amide bonds. The number of likely N-dealkylation sites (N-methyl/N-ethyl adjacent to an activating group) is 1. The van der Waals surface area contributed by atoms with Crippen LogP contribution < -0.4 is 5.32 Å². The number of hydrogen-bond donors (Lipinski definition) is 1. The van der Waals surface area contributed by atoms with E-state index in [0.717, 1.165) is 43.9 Å². The summed E-state index contributed by atoms with van der Waals surface area (Å²) in [6, 6.07) is 0. The van der Waals surface area contributed by atoms with E-state index in [9.17, 15) is 4.79 Å². The summed E-state index contributed by atoms with van der Waals surface area (Å²) in [5.41, 5.74) is 0. The first-order chi connectivity index (χ1) is 10.1. The van der Waals surface area contributed by atoms with E-state index < -0.39 is 0 Å². The fraction of sp³-hybridized carbons (Fsp3) is 0.875. The van der Waals surface area contributed by atoms with E-state index >= 15 is 0 Å². The molecule has 0 bridgehead atoms. The zero-order valence-electron chi connectivity index (χ0n) is 13.8. The van der Waals surface area contributed by atoms with Crippen molar-refractivity contribution in [3.8, 4) is 0 Å². The Bertz CT molecular complexity index is 366. The van der Waals surface area contributed by atoms with E-state index in [2.05, 4.69) is 22.1 Å². The third kappa shape index (κ3) is 4.35. The number of amides is 1. The van der Waals surface area contributed by atoms with Crippen LogP contribution in [0.2, 0.25) is 0 Å². The van der Waals surface area contributed by atoms with Crippen molar-refractivity contribution in [2.45, 2.75) is 39.0 Å². The summed E-state index contributed by atoms with van der Waals surface area (Å²) in [6.07, 6.45) is 6.55. The van der Waals surface area contributed by atoms with Crippen molar-refractivity contribution >= 4 is 11.9 Å². The van der Waals surface area contributed by atoms with Gasteiger partial charge in [-0.05, 0) is 31.1 Å². The highest BCUT2D eigenvalue weighted by molar-refractivity contribution is 5.85. The second kappa shape index (κ2) is 7.66. The predicted octanol–water partition coefficient (Wildman–Crippen LogP) is 1.55. The van der Waals surface area contributed by atoms with E-state index in [1.165, 1.54) is 25.7 Å². The van der Waals surface area contributed by atoms with Gasteiger partial charge >= 0.3 is 0 Å². The Morgan fingerprint density at radius 2 is 1.86 bits per heavy atom. The van der Waals surface area contributed by atoms with E-state index in [4.69, 9.17) is 0 Å². The number of carbonyl (C=O) groups is 1. The highest BCUT2D eigenvalue weighted by atomic mass is 16.2. The quantitative estimate of drug-likeness (QED) is 0.632. The molecule has 5 heteroatoms. The normalized spacial score (nSPS) is 25.7. The molecule has 1 saturated carbocycles. The number of likely N-dealkylation sites (tertiary alicyclic amines) is 1. The Hall–Kier alpha value is -1.26. The summed E-state index contributed by atoms with van der Waals surface area (Å²) in [6.45, 7) is 5.53. The highest BCUT2D eigenvalue weighted by Crippen LogP contribution is 2.35. The summed E-state index contributed by atoms with van der Waals surface area (Å²) in [5, 5.41) is 3.42. The molecule has 0 radical (unpaired) electrons. The Morgan fingerprint density at radius 1 is 1.24 bits per heavy atom. The first-order valence-corrected chi connectivity index (χ1v) is 8.35. The number of rotatable bonds is 4. The number of fused-ring (bicyclic) bond motifs is 1.